The van der Waals surface area contributed by atoms with E-state index in [1.807, 2.05) is 0 Å². The van der Waals surface area contributed by atoms with E-state index >= 15 is 0 Å². The summed E-state index contributed by atoms with van der Waals surface area (Å²) in [6.07, 6.45) is 2.23. The van der Waals surface area contributed by atoms with Crippen LogP contribution in [0.15, 0.2) is 0 Å². The van der Waals surface area contributed by atoms with Crippen LogP contribution in [0.4, 0.5) is 0 Å². The lowest BCUT2D eigenvalue weighted by atomic mass is 9.91. The van der Waals surface area contributed by atoms with Crippen LogP contribution in [-0.4, -0.2) is 48.8 Å². The molecule has 2 N–H and O–H groups in total. The van der Waals surface area contributed by atoms with Gasteiger partial charge in [-0.05, 0) is 31.2 Å². The maximum Gasteiger partial charge on any atom is 0.0446 e. The Hall–Kier alpha value is -0.120. The third-order valence-corrected chi connectivity index (χ3v) is 3.39. The lowest BCUT2D eigenvalue weighted by molar-refractivity contribution is 0.122. The smallest absolute Gasteiger partial charge is 0.0446 e. The molecule has 96 valence electrons. The maximum absolute atomic E-state index is 9.04. The molecule has 3 nitrogen and oxygen atoms in total. The molecule has 3 atom stereocenters. The number of piperidine rings is 1. The van der Waals surface area contributed by atoms with Crippen LogP contribution < -0.4 is 5.32 Å². The average Bonchev–Trinajstić information content (AvgIpc) is 2.16. The van der Waals surface area contributed by atoms with Gasteiger partial charge in [0.15, 0.2) is 0 Å². The summed E-state index contributed by atoms with van der Waals surface area (Å²) in [5.74, 6) is 1.64. The second kappa shape index (κ2) is 7.25. The molecule has 0 radical (unpaired) electrons. The van der Waals surface area contributed by atoms with Crippen LogP contribution >= 0.6 is 0 Å². The molecule has 1 aliphatic heterocycles. The Morgan fingerprint density at radius 1 is 1.31 bits per heavy atom. The predicted octanol–water partition coefficient (Wildman–Crippen LogP) is 1.32. The molecule has 3 unspecified atom stereocenters. The van der Waals surface area contributed by atoms with Gasteiger partial charge < -0.3 is 15.3 Å². The molecule has 1 fully saturated rings. The SMILES string of the molecule is CCNC(CCO)CN1CC(C)CC(C)C1. The van der Waals surface area contributed by atoms with E-state index in [9.17, 15) is 0 Å². The number of likely N-dealkylation sites (tertiary alicyclic amines) is 1. The van der Waals surface area contributed by atoms with Crippen molar-refractivity contribution in [3.05, 3.63) is 0 Å². The quantitative estimate of drug-likeness (QED) is 0.720. The molecule has 1 aliphatic rings. The zero-order valence-corrected chi connectivity index (χ0v) is 11.1. The first-order valence-electron chi connectivity index (χ1n) is 6.72. The van der Waals surface area contributed by atoms with E-state index in [1.54, 1.807) is 0 Å². The van der Waals surface area contributed by atoms with Crippen LogP contribution in [0.5, 0.6) is 0 Å². The van der Waals surface area contributed by atoms with E-state index in [0.717, 1.165) is 31.3 Å². The summed E-state index contributed by atoms with van der Waals surface area (Å²) in [6.45, 7) is 11.6. The van der Waals surface area contributed by atoms with Gasteiger partial charge >= 0.3 is 0 Å². The Kier molecular flexibility index (Phi) is 6.32. The molecule has 3 heteroatoms. The van der Waals surface area contributed by atoms with Gasteiger partial charge in [0.05, 0.1) is 0 Å². The van der Waals surface area contributed by atoms with Crippen LogP contribution in [0.1, 0.15) is 33.6 Å². The van der Waals surface area contributed by atoms with Crippen LogP contribution in [0.3, 0.4) is 0 Å². The standard InChI is InChI=1S/C13H28N2O/c1-4-14-13(5-6-16)10-15-8-11(2)7-12(3)9-15/h11-14,16H,4-10H2,1-3H3. The number of nitrogens with one attached hydrogen (secondary N) is 1. The number of hydrogen-bond acceptors (Lipinski definition) is 3. The van der Waals surface area contributed by atoms with Gasteiger partial charge in [-0.2, -0.15) is 0 Å². The van der Waals surface area contributed by atoms with Gasteiger partial charge in [0.2, 0.25) is 0 Å². The van der Waals surface area contributed by atoms with Crippen molar-refractivity contribution in [1.82, 2.24) is 10.2 Å². The molecular formula is C13H28N2O. The third-order valence-electron chi connectivity index (χ3n) is 3.39. The normalized spacial score (nSPS) is 29.2. The molecule has 1 heterocycles. The summed E-state index contributed by atoms with van der Waals surface area (Å²) in [5.41, 5.74) is 0. The summed E-state index contributed by atoms with van der Waals surface area (Å²) in [7, 11) is 0. The second-order valence-electron chi connectivity index (χ2n) is 5.43. The van der Waals surface area contributed by atoms with Gasteiger partial charge in [-0.25, -0.2) is 0 Å². The summed E-state index contributed by atoms with van der Waals surface area (Å²) in [6, 6.07) is 0.451. The van der Waals surface area contributed by atoms with E-state index in [4.69, 9.17) is 5.11 Å². The van der Waals surface area contributed by atoms with Crippen molar-refractivity contribution in [2.24, 2.45) is 11.8 Å². The topological polar surface area (TPSA) is 35.5 Å². The van der Waals surface area contributed by atoms with Gasteiger partial charge in [-0.3, -0.25) is 0 Å². The molecule has 16 heavy (non-hydrogen) atoms. The number of nitrogens with zero attached hydrogens (tertiary/aromatic N) is 1. The fourth-order valence-electron chi connectivity index (χ4n) is 2.96. The van der Waals surface area contributed by atoms with E-state index in [1.165, 1.54) is 19.5 Å². The van der Waals surface area contributed by atoms with Crippen LogP contribution in [0.25, 0.3) is 0 Å². The highest BCUT2D eigenvalue weighted by Crippen LogP contribution is 2.21. The fourth-order valence-corrected chi connectivity index (χ4v) is 2.96. The van der Waals surface area contributed by atoms with Gasteiger partial charge in [-0.1, -0.05) is 20.8 Å². The Labute approximate surface area is 100 Å². The molecule has 1 saturated heterocycles. The van der Waals surface area contributed by atoms with Crippen molar-refractivity contribution in [3.63, 3.8) is 0 Å². The number of aliphatic hydroxyl groups excluding tert-OH is 1. The van der Waals surface area contributed by atoms with Gasteiger partial charge in [0, 0.05) is 32.3 Å². The molecule has 0 spiro atoms. The first kappa shape index (κ1) is 13.9. The molecule has 0 bridgehead atoms. The van der Waals surface area contributed by atoms with Crippen molar-refractivity contribution in [1.29, 1.82) is 0 Å². The van der Waals surface area contributed by atoms with Crippen molar-refractivity contribution < 1.29 is 5.11 Å². The van der Waals surface area contributed by atoms with Crippen LogP contribution in [0.2, 0.25) is 0 Å². The second-order valence-corrected chi connectivity index (χ2v) is 5.43. The molecule has 0 aromatic rings. The molecular weight excluding hydrogens is 200 g/mol. The number of aliphatic hydroxyl groups is 1. The van der Waals surface area contributed by atoms with Crippen molar-refractivity contribution >= 4 is 0 Å². The highest BCUT2D eigenvalue weighted by molar-refractivity contribution is 4.79. The lowest BCUT2D eigenvalue weighted by Gasteiger charge is -2.37. The lowest BCUT2D eigenvalue weighted by Crippen LogP contribution is -2.47. The van der Waals surface area contributed by atoms with E-state index in [2.05, 4.69) is 31.0 Å². The average molecular weight is 228 g/mol. The summed E-state index contributed by atoms with van der Waals surface area (Å²) >= 11 is 0. The Morgan fingerprint density at radius 3 is 2.44 bits per heavy atom. The molecule has 0 aliphatic carbocycles. The maximum atomic E-state index is 9.04. The van der Waals surface area contributed by atoms with E-state index in [-0.39, 0.29) is 6.61 Å². The minimum atomic E-state index is 0.288. The number of hydrogen-bond donors (Lipinski definition) is 2. The Balaban J connectivity index is 2.37. The Morgan fingerprint density at radius 2 is 1.94 bits per heavy atom. The first-order chi connectivity index (χ1) is 7.65. The number of likely N-dealkylation sites (N-methyl/N-ethyl adjacent to an activating group) is 1. The van der Waals surface area contributed by atoms with E-state index in [0.29, 0.717) is 6.04 Å². The number of rotatable bonds is 6. The van der Waals surface area contributed by atoms with Crippen LogP contribution in [0, 0.1) is 11.8 Å². The zero-order chi connectivity index (χ0) is 12.0. The fraction of sp³-hybridized carbons (Fsp3) is 1.00. The minimum absolute atomic E-state index is 0.288. The van der Waals surface area contributed by atoms with Gasteiger partial charge in [0.25, 0.3) is 0 Å². The zero-order valence-electron chi connectivity index (χ0n) is 11.1. The monoisotopic (exact) mass is 228 g/mol. The van der Waals surface area contributed by atoms with Crippen molar-refractivity contribution in [2.45, 2.75) is 39.7 Å². The third kappa shape index (κ3) is 4.81. The summed E-state index contributed by atoms with van der Waals surface area (Å²) < 4.78 is 0. The van der Waals surface area contributed by atoms with Crippen LogP contribution in [-0.2, 0) is 0 Å². The Bertz CT molecular complexity index is 171. The minimum Gasteiger partial charge on any atom is -0.396 e. The molecule has 0 aromatic heterocycles. The molecule has 0 aromatic carbocycles. The summed E-state index contributed by atoms with van der Waals surface area (Å²) in [5, 5.41) is 12.5. The van der Waals surface area contributed by atoms with Crippen molar-refractivity contribution in [3.8, 4) is 0 Å². The molecule has 1 rings (SSSR count). The largest absolute Gasteiger partial charge is 0.396 e. The summed E-state index contributed by atoms with van der Waals surface area (Å²) in [4.78, 5) is 2.56. The van der Waals surface area contributed by atoms with E-state index < -0.39 is 0 Å². The highest BCUT2D eigenvalue weighted by atomic mass is 16.3. The van der Waals surface area contributed by atoms with Gasteiger partial charge in [0.1, 0.15) is 0 Å². The molecule has 0 saturated carbocycles. The first-order valence-corrected chi connectivity index (χ1v) is 6.72. The highest BCUT2D eigenvalue weighted by Gasteiger charge is 2.23. The molecule has 0 amide bonds. The van der Waals surface area contributed by atoms with Crippen molar-refractivity contribution in [2.75, 3.05) is 32.8 Å². The predicted molar refractivity (Wildman–Crippen MR) is 68.6 cm³/mol. The van der Waals surface area contributed by atoms with Gasteiger partial charge in [-0.15, -0.1) is 0 Å².